The highest BCUT2D eigenvalue weighted by atomic mass is 19.1. The van der Waals surface area contributed by atoms with E-state index in [-0.39, 0.29) is 17.8 Å². The topological polar surface area (TPSA) is 73.6 Å². The standard InChI is InChI=1S/C21H25FN2O4/c22-18-6-2-1-5-17(18)19-12-16(28-24-19)13-21(7-10-26-11-8-21)20(25)23-14-15-4-3-9-27-15/h1-2,5-6,12,15H,3-4,7-11,13-14H2,(H,23,25). The van der Waals surface area contributed by atoms with Gasteiger partial charge in [0.1, 0.15) is 17.3 Å². The third kappa shape index (κ3) is 4.10. The first-order valence-corrected chi connectivity index (χ1v) is 9.84. The molecule has 0 aliphatic carbocycles. The van der Waals surface area contributed by atoms with Crippen molar-refractivity contribution in [2.24, 2.45) is 5.41 Å². The number of hydrogen-bond donors (Lipinski definition) is 1. The molecule has 28 heavy (non-hydrogen) atoms. The predicted octanol–water partition coefficient (Wildman–Crippen LogP) is 3.12. The summed E-state index contributed by atoms with van der Waals surface area (Å²) >= 11 is 0. The first kappa shape index (κ1) is 19.1. The van der Waals surface area contributed by atoms with Crippen molar-refractivity contribution < 1.29 is 23.2 Å². The summed E-state index contributed by atoms with van der Waals surface area (Å²) in [5, 5.41) is 7.08. The number of aromatic nitrogens is 1. The van der Waals surface area contributed by atoms with E-state index in [2.05, 4.69) is 10.5 Å². The molecule has 0 bridgehead atoms. The molecule has 1 aromatic carbocycles. The Balaban J connectivity index is 1.48. The fourth-order valence-electron chi connectivity index (χ4n) is 3.97. The number of nitrogens with zero attached hydrogens (tertiary/aromatic N) is 1. The molecule has 1 unspecified atom stereocenters. The van der Waals surface area contributed by atoms with Gasteiger partial charge in [-0.15, -0.1) is 0 Å². The van der Waals surface area contributed by atoms with E-state index in [9.17, 15) is 9.18 Å². The lowest BCUT2D eigenvalue weighted by Crippen LogP contribution is -2.47. The Morgan fingerprint density at radius 3 is 2.82 bits per heavy atom. The number of ether oxygens (including phenoxy) is 2. The lowest BCUT2D eigenvalue weighted by Gasteiger charge is -2.35. The molecule has 4 rings (SSSR count). The molecule has 2 aliphatic rings. The van der Waals surface area contributed by atoms with Crippen molar-refractivity contribution in [1.29, 1.82) is 0 Å². The highest BCUT2D eigenvalue weighted by Crippen LogP contribution is 2.36. The van der Waals surface area contributed by atoms with Gasteiger partial charge in [-0.3, -0.25) is 4.79 Å². The van der Waals surface area contributed by atoms with Crippen molar-refractivity contribution in [3.05, 3.63) is 41.9 Å². The van der Waals surface area contributed by atoms with Crippen LogP contribution >= 0.6 is 0 Å². The van der Waals surface area contributed by atoms with Crippen LogP contribution in [0.15, 0.2) is 34.9 Å². The van der Waals surface area contributed by atoms with E-state index in [0.29, 0.717) is 56.0 Å². The fraction of sp³-hybridized carbons (Fsp3) is 0.524. The lowest BCUT2D eigenvalue weighted by atomic mass is 9.75. The molecule has 2 aromatic rings. The van der Waals surface area contributed by atoms with Crippen LogP contribution in [0.1, 0.15) is 31.4 Å². The Morgan fingerprint density at radius 1 is 1.25 bits per heavy atom. The van der Waals surface area contributed by atoms with Crippen LogP contribution in [0.3, 0.4) is 0 Å². The smallest absolute Gasteiger partial charge is 0.226 e. The Kier molecular flexibility index (Phi) is 5.73. The average Bonchev–Trinajstić information content (AvgIpc) is 3.39. The zero-order chi connectivity index (χ0) is 19.4. The monoisotopic (exact) mass is 388 g/mol. The van der Waals surface area contributed by atoms with Gasteiger partial charge in [0.2, 0.25) is 5.91 Å². The van der Waals surface area contributed by atoms with Gasteiger partial charge in [0.15, 0.2) is 0 Å². The highest BCUT2D eigenvalue weighted by molar-refractivity contribution is 5.83. The molecule has 3 heterocycles. The van der Waals surface area contributed by atoms with E-state index >= 15 is 0 Å². The molecule has 7 heteroatoms. The summed E-state index contributed by atoms with van der Waals surface area (Å²) in [4.78, 5) is 13.1. The molecular weight excluding hydrogens is 363 g/mol. The van der Waals surface area contributed by atoms with Gasteiger partial charge >= 0.3 is 0 Å². The van der Waals surface area contributed by atoms with Crippen molar-refractivity contribution in [1.82, 2.24) is 10.5 Å². The molecule has 2 aliphatic heterocycles. The van der Waals surface area contributed by atoms with Crippen molar-refractivity contribution in [3.63, 3.8) is 0 Å². The van der Waals surface area contributed by atoms with Crippen molar-refractivity contribution in [2.45, 2.75) is 38.2 Å². The van der Waals surface area contributed by atoms with E-state index in [4.69, 9.17) is 14.0 Å². The summed E-state index contributed by atoms with van der Waals surface area (Å²) in [7, 11) is 0. The number of benzene rings is 1. The molecule has 0 radical (unpaired) electrons. The Morgan fingerprint density at radius 2 is 2.07 bits per heavy atom. The molecule has 1 N–H and O–H groups in total. The normalized spacial score (nSPS) is 21.5. The van der Waals surface area contributed by atoms with Crippen molar-refractivity contribution in [3.8, 4) is 11.3 Å². The first-order valence-electron chi connectivity index (χ1n) is 9.84. The second kappa shape index (κ2) is 8.41. The Hall–Kier alpha value is -2.25. The van der Waals surface area contributed by atoms with Crippen LogP contribution in [-0.2, 0) is 20.7 Å². The minimum absolute atomic E-state index is 0.00450. The van der Waals surface area contributed by atoms with E-state index in [0.717, 1.165) is 19.4 Å². The first-order chi connectivity index (χ1) is 13.7. The van der Waals surface area contributed by atoms with E-state index in [1.807, 2.05) is 0 Å². The number of carbonyl (C=O) groups excluding carboxylic acids is 1. The van der Waals surface area contributed by atoms with Gasteiger partial charge in [-0.25, -0.2) is 4.39 Å². The minimum Gasteiger partial charge on any atom is -0.381 e. The van der Waals surface area contributed by atoms with Crippen molar-refractivity contribution in [2.75, 3.05) is 26.4 Å². The molecule has 0 saturated carbocycles. The second-order valence-corrected chi connectivity index (χ2v) is 7.57. The summed E-state index contributed by atoms with van der Waals surface area (Å²) in [5.74, 6) is 0.222. The fourth-order valence-corrected chi connectivity index (χ4v) is 3.97. The largest absolute Gasteiger partial charge is 0.381 e. The van der Waals surface area contributed by atoms with Crippen LogP contribution in [0.2, 0.25) is 0 Å². The SMILES string of the molecule is O=C(NCC1CCCO1)C1(Cc2cc(-c3ccccc3F)no2)CCOCC1. The molecule has 2 fully saturated rings. The lowest BCUT2D eigenvalue weighted by molar-refractivity contribution is -0.137. The quantitative estimate of drug-likeness (QED) is 0.823. The van der Waals surface area contributed by atoms with Crippen LogP contribution in [0.5, 0.6) is 0 Å². The van der Waals surface area contributed by atoms with Gasteiger partial charge in [-0.05, 0) is 37.8 Å². The van der Waals surface area contributed by atoms with Gasteiger partial charge in [0.25, 0.3) is 0 Å². The van der Waals surface area contributed by atoms with Crippen LogP contribution in [0, 0.1) is 11.2 Å². The zero-order valence-corrected chi connectivity index (χ0v) is 15.8. The van der Waals surface area contributed by atoms with Crippen LogP contribution in [-0.4, -0.2) is 43.5 Å². The molecule has 6 nitrogen and oxygen atoms in total. The maximum atomic E-state index is 14.0. The number of hydrogen-bond acceptors (Lipinski definition) is 5. The molecule has 1 aromatic heterocycles. The molecular formula is C21H25FN2O4. The van der Waals surface area contributed by atoms with E-state index in [1.54, 1.807) is 24.3 Å². The van der Waals surface area contributed by atoms with Gasteiger partial charge in [0.05, 0.1) is 11.5 Å². The van der Waals surface area contributed by atoms with Crippen molar-refractivity contribution >= 4 is 5.91 Å². The summed E-state index contributed by atoms with van der Waals surface area (Å²) < 4.78 is 30.6. The molecule has 150 valence electrons. The average molecular weight is 388 g/mol. The number of carbonyl (C=O) groups is 1. The zero-order valence-electron chi connectivity index (χ0n) is 15.8. The van der Waals surface area contributed by atoms with Gasteiger partial charge in [-0.1, -0.05) is 17.3 Å². The Bertz CT molecular complexity index is 810. The maximum absolute atomic E-state index is 14.0. The second-order valence-electron chi connectivity index (χ2n) is 7.57. The van der Waals surface area contributed by atoms with Gasteiger partial charge in [0, 0.05) is 44.4 Å². The molecule has 1 amide bonds. The van der Waals surface area contributed by atoms with Crippen LogP contribution in [0.4, 0.5) is 4.39 Å². The molecule has 2 saturated heterocycles. The summed E-state index contributed by atoms with van der Waals surface area (Å²) in [5.41, 5.74) is 0.222. The van der Waals surface area contributed by atoms with Crippen LogP contribution < -0.4 is 5.32 Å². The number of rotatable bonds is 6. The summed E-state index contributed by atoms with van der Waals surface area (Å²) in [6.07, 6.45) is 3.75. The van der Waals surface area contributed by atoms with E-state index in [1.165, 1.54) is 6.07 Å². The minimum atomic E-state index is -0.608. The molecule has 1 atom stereocenters. The number of halogens is 1. The number of nitrogens with one attached hydrogen (secondary N) is 1. The Labute approximate surface area is 163 Å². The summed E-state index contributed by atoms with van der Waals surface area (Å²) in [6, 6.07) is 8.17. The van der Waals surface area contributed by atoms with Gasteiger partial charge in [-0.2, -0.15) is 0 Å². The third-order valence-corrected chi connectivity index (χ3v) is 5.67. The summed E-state index contributed by atoms with van der Waals surface area (Å²) in [6.45, 7) is 2.35. The predicted molar refractivity (Wildman–Crippen MR) is 100 cm³/mol. The maximum Gasteiger partial charge on any atom is 0.226 e. The number of amides is 1. The van der Waals surface area contributed by atoms with Gasteiger partial charge < -0.3 is 19.3 Å². The van der Waals surface area contributed by atoms with Crippen LogP contribution in [0.25, 0.3) is 11.3 Å². The van der Waals surface area contributed by atoms with E-state index < -0.39 is 5.41 Å². The molecule has 0 spiro atoms. The third-order valence-electron chi connectivity index (χ3n) is 5.67. The highest BCUT2D eigenvalue weighted by Gasteiger charge is 2.41.